The van der Waals surface area contributed by atoms with Gasteiger partial charge in [0.1, 0.15) is 5.82 Å². The maximum atomic E-state index is 4.59. The van der Waals surface area contributed by atoms with Crippen LogP contribution in [0.3, 0.4) is 0 Å². The molecule has 0 spiro atoms. The van der Waals surface area contributed by atoms with Gasteiger partial charge in [0.25, 0.3) is 0 Å². The van der Waals surface area contributed by atoms with E-state index < -0.39 is 0 Å². The second-order valence-electron chi connectivity index (χ2n) is 6.06. The molecule has 6 nitrogen and oxygen atoms in total. The smallest absolute Gasteiger partial charge is 0.177 e. The minimum absolute atomic E-state index is 0.528. The highest BCUT2D eigenvalue weighted by molar-refractivity contribution is 5.69. The fourth-order valence-corrected chi connectivity index (χ4v) is 3.25. The first-order valence-corrected chi connectivity index (χ1v) is 7.81. The summed E-state index contributed by atoms with van der Waals surface area (Å²) in [6.45, 7) is 5.00. The summed E-state index contributed by atoms with van der Waals surface area (Å²) in [5.41, 5.74) is 3.03. The van der Waals surface area contributed by atoms with Crippen LogP contribution in [-0.4, -0.2) is 42.2 Å². The van der Waals surface area contributed by atoms with Crippen LogP contribution in [0.2, 0.25) is 0 Å². The summed E-state index contributed by atoms with van der Waals surface area (Å²) in [6.07, 6.45) is 8.28. The van der Waals surface area contributed by atoms with Crippen LogP contribution in [0, 0.1) is 6.92 Å². The molecule has 1 aliphatic rings. The van der Waals surface area contributed by atoms with Crippen LogP contribution < -0.4 is 0 Å². The van der Waals surface area contributed by atoms with Gasteiger partial charge in [0.05, 0.1) is 24.8 Å². The predicted molar refractivity (Wildman–Crippen MR) is 84.3 cm³/mol. The number of imidazole rings is 1. The molecule has 0 radical (unpaired) electrons. The van der Waals surface area contributed by atoms with E-state index in [-0.39, 0.29) is 0 Å². The van der Waals surface area contributed by atoms with Crippen molar-refractivity contribution in [3.8, 4) is 0 Å². The number of aromatic nitrogens is 5. The SMILES string of the molecule is Cc1cnn(CC2CCCN2Cc2nc3ncccc3[nH]2)c1. The Kier molecular flexibility index (Phi) is 3.38. The summed E-state index contributed by atoms with van der Waals surface area (Å²) in [7, 11) is 0. The summed E-state index contributed by atoms with van der Waals surface area (Å²) in [4.78, 5) is 14.8. The van der Waals surface area contributed by atoms with Crippen molar-refractivity contribution < 1.29 is 0 Å². The summed E-state index contributed by atoms with van der Waals surface area (Å²) in [5, 5.41) is 4.41. The molecule has 1 unspecified atom stereocenters. The van der Waals surface area contributed by atoms with Crippen LogP contribution in [-0.2, 0) is 13.1 Å². The zero-order valence-corrected chi connectivity index (χ0v) is 12.7. The Morgan fingerprint density at radius 3 is 3.18 bits per heavy atom. The van der Waals surface area contributed by atoms with Gasteiger partial charge in [-0.2, -0.15) is 5.10 Å². The van der Waals surface area contributed by atoms with Crippen molar-refractivity contribution in [3.63, 3.8) is 0 Å². The highest BCUT2D eigenvalue weighted by Crippen LogP contribution is 2.21. The lowest BCUT2D eigenvalue weighted by atomic mass is 10.2. The number of H-pyrrole nitrogens is 1. The molecule has 0 aliphatic carbocycles. The Morgan fingerprint density at radius 2 is 2.36 bits per heavy atom. The van der Waals surface area contributed by atoms with Gasteiger partial charge >= 0.3 is 0 Å². The molecule has 1 atom stereocenters. The number of nitrogens with zero attached hydrogens (tertiary/aromatic N) is 5. The molecule has 114 valence electrons. The first-order valence-electron chi connectivity index (χ1n) is 7.81. The van der Waals surface area contributed by atoms with Gasteiger partial charge in [0.15, 0.2) is 5.65 Å². The molecular weight excluding hydrogens is 276 g/mol. The number of fused-ring (bicyclic) bond motifs is 1. The van der Waals surface area contributed by atoms with Crippen molar-refractivity contribution in [1.82, 2.24) is 29.6 Å². The largest absolute Gasteiger partial charge is 0.340 e. The lowest BCUT2D eigenvalue weighted by Crippen LogP contribution is -2.33. The molecule has 1 N–H and O–H groups in total. The second-order valence-corrected chi connectivity index (χ2v) is 6.06. The Morgan fingerprint density at radius 1 is 1.41 bits per heavy atom. The molecule has 1 fully saturated rings. The number of aromatic amines is 1. The van der Waals surface area contributed by atoms with Crippen molar-refractivity contribution in [2.75, 3.05) is 6.54 Å². The molecule has 0 saturated carbocycles. The molecule has 6 heteroatoms. The normalized spacial score (nSPS) is 19.2. The molecule has 1 aliphatic heterocycles. The standard InChI is InChI=1S/C16H20N6/c1-12-8-18-22(9-12)10-13-4-3-7-21(13)11-15-19-14-5-2-6-17-16(14)20-15/h2,5-6,8-9,13H,3-4,7,10-11H2,1H3,(H,17,19,20). The average molecular weight is 296 g/mol. The number of likely N-dealkylation sites (tertiary alicyclic amines) is 1. The van der Waals surface area contributed by atoms with Crippen molar-refractivity contribution in [3.05, 3.63) is 42.1 Å². The van der Waals surface area contributed by atoms with E-state index in [0.29, 0.717) is 6.04 Å². The van der Waals surface area contributed by atoms with E-state index in [1.54, 1.807) is 6.20 Å². The summed E-state index contributed by atoms with van der Waals surface area (Å²) in [6, 6.07) is 4.48. The van der Waals surface area contributed by atoms with Gasteiger partial charge < -0.3 is 4.98 Å². The van der Waals surface area contributed by atoms with Crippen LogP contribution in [0.15, 0.2) is 30.7 Å². The van der Waals surface area contributed by atoms with Crippen LogP contribution in [0.5, 0.6) is 0 Å². The quantitative estimate of drug-likeness (QED) is 0.801. The molecule has 4 rings (SSSR count). The molecule has 22 heavy (non-hydrogen) atoms. The molecule has 0 amide bonds. The third-order valence-electron chi connectivity index (χ3n) is 4.32. The van der Waals surface area contributed by atoms with E-state index in [0.717, 1.165) is 36.6 Å². The van der Waals surface area contributed by atoms with Gasteiger partial charge in [-0.3, -0.25) is 9.58 Å². The van der Waals surface area contributed by atoms with E-state index in [2.05, 4.69) is 42.8 Å². The third kappa shape index (κ3) is 2.62. The Balaban J connectivity index is 1.48. The predicted octanol–water partition coefficient (Wildman–Crippen LogP) is 2.13. The van der Waals surface area contributed by atoms with Crippen LogP contribution >= 0.6 is 0 Å². The summed E-state index contributed by atoms with van der Waals surface area (Å²) in [5.74, 6) is 0.997. The minimum atomic E-state index is 0.528. The third-order valence-corrected chi connectivity index (χ3v) is 4.32. The topological polar surface area (TPSA) is 62.6 Å². The van der Waals surface area contributed by atoms with Gasteiger partial charge in [-0.15, -0.1) is 0 Å². The van der Waals surface area contributed by atoms with E-state index in [1.807, 2.05) is 18.3 Å². The highest BCUT2D eigenvalue weighted by atomic mass is 15.3. The first kappa shape index (κ1) is 13.5. The van der Waals surface area contributed by atoms with E-state index in [1.165, 1.54) is 18.4 Å². The van der Waals surface area contributed by atoms with E-state index in [4.69, 9.17) is 0 Å². The number of hydrogen-bond donors (Lipinski definition) is 1. The zero-order valence-electron chi connectivity index (χ0n) is 12.7. The molecule has 4 heterocycles. The molecule has 0 aromatic carbocycles. The van der Waals surface area contributed by atoms with E-state index >= 15 is 0 Å². The van der Waals surface area contributed by atoms with E-state index in [9.17, 15) is 0 Å². The number of nitrogens with one attached hydrogen (secondary N) is 1. The number of hydrogen-bond acceptors (Lipinski definition) is 4. The fourth-order valence-electron chi connectivity index (χ4n) is 3.25. The number of pyridine rings is 1. The number of aryl methyl sites for hydroxylation is 1. The monoisotopic (exact) mass is 296 g/mol. The minimum Gasteiger partial charge on any atom is -0.340 e. The van der Waals surface area contributed by atoms with Gasteiger partial charge in [0, 0.05) is 18.4 Å². The second kappa shape index (κ2) is 5.53. The lowest BCUT2D eigenvalue weighted by Gasteiger charge is -2.23. The molecular formula is C16H20N6. The summed E-state index contributed by atoms with van der Waals surface area (Å²) < 4.78 is 2.05. The van der Waals surface area contributed by atoms with Gasteiger partial charge in [-0.1, -0.05) is 0 Å². The summed E-state index contributed by atoms with van der Waals surface area (Å²) >= 11 is 0. The van der Waals surface area contributed by atoms with Crippen molar-refractivity contribution in [2.45, 2.75) is 38.9 Å². The maximum Gasteiger partial charge on any atom is 0.177 e. The van der Waals surface area contributed by atoms with Crippen molar-refractivity contribution in [2.24, 2.45) is 0 Å². The molecule has 1 saturated heterocycles. The Labute approximate surface area is 129 Å². The van der Waals surface area contributed by atoms with Crippen LogP contribution in [0.1, 0.15) is 24.2 Å². The van der Waals surface area contributed by atoms with Crippen LogP contribution in [0.25, 0.3) is 11.2 Å². The maximum absolute atomic E-state index is 4.59. The highest BCUT2D eigenvalue weighted by Gasteiger charge is 2.26. The average Bonchev–Trinajstić information content (AvgIpc) is 3.20. The fraction of sp³-hybridized carbons (Fsp3) is 0.438. The van der Waals surface area contributed by atoms with Crippen molar-refractivity contribution in [1.29, 1.82) is 0 Å². The van der Waals surface area contributed by atoms with Gasteiger partial charge in [-0.25, -0.2) is 9.97 Å². The Bertz CT molecular complexity index is 741. The molecule has 3 aromatic rings. The van der Waals surface area contributed by atoms with Crippen molar-refractivity contribution >= 4 is 11.2 Å². The first-order chi connectivity index (χ1) is 10.8. The van der Waals surface area contributed by atoms with Gasteiger partial charge in [0.2, 0.25) is 0 Å². The zero-order chi connectivity index (χ0) is 14.9. The lowest BCUT2D eigenvalue weighted by molar-refractivity contribution is 0.215. The number of rotatable bonds is 4. The molecule has 3 aromatic heterocycles. The molecule has 0 bridgehead atoms. The van der Waals surface area contributed by atoms with Crippen LogP contribution in [0.4, 0.5) is 0 Å². The van der Waals surface area contributed by atoms with Gasteiger partial charge in [-0.05, 0) is 44.0 Å². The Hall–Kier alpha value is -2.21.